The zero-order valence-corrected chi connectivity index (χ0v) is 12.4. The van der Waals surface area contributed by atoms with E-state index in [9.17, 15) is 4.79 Å². The van der Waals surface area contributed by atoms with E-state index < -0.39 is 0 Å². The molecule has 0 unspecified atom stereocenters. The number of hydrogen-bond donors (Lipinski definition) is 1. The van der Waals surface area contributed by atoms with Crippen LogP contribution in [0.5, 0.6) is 0 Å². The van der Waals surface area contributed by atoms with Gasteiger partial charge in [0.25, 0.3) is 0 Å². The number of esters is 1. The van der Waals surface area contributed by atoms with Crippen LogP contribution in [0.25, 0.3) is 0 Å². The van der Waals surface area contributed by atoms with E-state index in [0.717, 1.165) is 18.7 Å². The van der Waals surface area contributed by atoms with Gasteiger partial charge in [0.2, 0.25) is 0 Å². The first-order valence-electron chi connectivity index (χ1n) is 6.84. The van der Waals surface area contributed by atoms with Crippen LogP contribution in [0.2, 0.25) is 0 Å². The van der Waals surface area contributed by atoms with Gasteiger partial charge < -0.3 is 15.4 Å². The van der Waals surface area contributed by atoms with Crippen molar-refractivity contribution in [3.8, 4) is 0 Å². The van der Waals surface area contributed by atoms with Crippen molar-refractivity contribution < 1.29 is 9.53 Å². The van der Waals surface area contributed by atoms with Gasteiger partial charge in [-0.1, -0.05) is 30.3 Å². The number of anilines is 2. The lowest BCUT2D eigenvalue weighted by Crippen LogP contribution is -2.22. The molecule has 0 bridgehead atoms. The van der Waals surface area contributed by atoms with Gasteiger partial charge in [0.1, 0.15) is 0 Å². The molecule has 2 N–H and O–H groups in total. The predicted molar refractivity (Wildman–Crippen MR) is 85.6 cm³/mol. The third-order valence-corrected chi connectivity index (χ3v) is 3.44. The van der Waals surface area contributed by atoms with Crippen molar-refractivity contribution in [2.45, 2.75) is 6.42 Å². The first kappa shape index (κ1) is 14.9. The number of nitrogens with zero attached hydrogens (tertiary/aromatic N) is 1. The maximum atomic E-state index is 11.6. The van der Waals surface area contributed by atoms with Crippen molar-refractivity contribution in [1.29, 1.82) is 0 Å². The highest BCUT2D eigenvalue weighted by atomic mass is 16.5. The van der Waals surface area contributed by atoms with Crippen molar-refractivity contribution in [2.24, 2.45) is 0 Å². The van der Waals surface area contributed by atoms with E-state index >= 15 is 0 Å². The Morgan fingerprint density at radius 3 is 2.57 bits per heavy atom. The Morgan fingerprint density at radius 1 is 1.19 bits per heavy atom. The largest absolute Gasteiger partial charge is 0.465 e. The second-order valence-electron chi connectivity index (χ2n) is 4.92. The van der Waals surface area contributed by atoms with Crippen LogP contribution in [0.1, 0.15) is 15.9 Å². The van der Waals surface area contributed by atoms with Crippen molar-refractivity contribution in [2.75, 3.05) is 31.3 Å². The van der Waals surface area contributed by atoms with E-state index in [4.69, 9.17) is 10.5 Å². The van der Waals surface area contributed by atoms with Crippen molar-refractivity contribution in [3.05, 3.63) is 59.7 Å². The number of carbonyl (C=O) groups excluding carboxylic acids is 1. The number of ether oxygens (including phenoxy) is 1. The monoisotopic (exact) mass is 284 g/mol. The number of likely N-dealkylation sites (N-methyl/N-ethyl adjacent to an activating group) is 1. The molecule has 0 spiro atoms. The van der Waals surface area contributed by atoms with Crippen molar-refractivity contribution >= 4 is 17.3 Å². The maximum absolute atomic E-state index is 11.6. The first-order valence-corrected chi connectivity index (χ1v) is 6.84. The van der Waals surface area contributed by atoms with Crippen LogP contribution in [-0.2, 0) is 11.2 Å². The normalized spacial score (nSPS) is 10.2. The predicted octanol–water partition coefficient (Wildman–Crippen LogP) is 2.73. The quantitative estimate of drug-likeness (QED) is 0.677. The molecule has 4 nitrogen and oxygen atoms in total. The zero-order chi connectivity index (χ0) is 15.2. The molecule has 2 aromatic carbocycles. The minimum atomic E-state index is -0.354. The molecule has 0 aromatic heterocycles. The summed E-state index contributed by atoms with van der Waals surface area (Å²) >= 11 is 0. The molecule has 110 valence electrons. The molecule has 21 heavy (non-hydrogen) atoms. The lowest BCUT2D eigenvalue weighted by molar-refractivity contribution is 0.0601. The highest BCUT2D eigenvalue weighted by Crippen LogP contribution is 2.24. The van der Waals surface area contributed by atoms with Crippen molar-refractivity contribution in [1.82, 2.24) is 0 Å². The van der Waals surface area contributed by atoms with Gasteiger partial charge in [0.05, 0.1) is 24.0 Å². The average molecular weight is 284 g/mol. The number of nitrogens with two attached hydrogens (primary N) is 1. The first-order chi connectivity index (χ1) is 10.1. The Hall–Kier alpha value is -2.49. The number of benzene rings is 2. The molecule has 0 aliphatic heterocycles. The Morgan fingerprint density at radius 2 is 1.90 bits per heavy atom. The lowest BCUT2D eigenvalue weighted by atomic mass is 10.1. The molecule has 0 aliphatic carbocycles. The van der Waals surface area contributed by atoms with Crippen LogP contribution in [0.3, 0.4) is 0 Å². The fraction of sp³-hybridized carbons (Fsp3) is 0.235. The van der Waals surface area contributed by atoms with E-state index in [1.807, 2.05) is 25.2 Å². The van der Waals surface area contributed by atoms with Crippen LogP contribution in [0.15, 0.2) is 48.5 Å². The minimum Gasteiger partial charge on any atom is -0.465 e. The summed E-state index contributed by atoms with van der Waals surface area (Å²) in [5, 5.41) is 0. The SMILES string of the molecule is COC(=O)c1ccc(N)c(N(C)CCc2ccccc2)c1. The van der Waals surface area contributed by atoms with Gasteiger partial charge in [-0.25, -0.2) is 4.79 Å². The van der Waals surface area contributed by atoms with Crippen LogP contribution in [-0.4, -0.2) is 26.7 Å². The topological polar surface area (TPSA) is 55.6 Å². The maximum Gasteiger partial charge on any atom is 0.337 e. The molecule has 0 amide bonds. The Bertz CT molecular complexity index is 611. The number of nitrogen functional groups attached to an aromatic ring is 1. The standard InChI is InChI=1S/C17H20N2O2/c1-19(11-10-13-6-4-3-5-7-13)16-12-14(17(20)21-2)8-9-15(16)18/h3-9,12H,10-11,18H2,1-2H3. The third-order valence-electron chi connectivity index (χ3n) is 3.44. The van der Waals surface area contributed by atoms with E-state index in [0.29, 0.717) is 11.3 Å². The minimum absolute atomic E-state index is 0.354. The number of hydrogen-bond acceptors (Lipinski definition) is 4. The molecule has 4 heteroatoms. The summed E-state index contributed by atoms with van der Waals surface area (Å²) in [5.74, 6) is -0.354. The van der Waals surface area contributed by atoms with E-state index in [1.165, 1.54) is 12.7 Å². The molecule has 0 fully saturated rings. The number of carbonyl (C=O) groups is 1. The van der Waals surface area contributed by atoms with Crippen molar-refractivity contribution in [3.63, 3.8) is 0 Å². The summed E-state index contributed by atoms with van der Waals surface area (Å²) in [4.78, 5) is 13.6. The summed E-state index contributed by atoms with van der Waals surface area (Å²) in [7, 11) is 3.34. The van der Waals surface area contributed by atoms with Gasteiger partial charge in [0, 0.05) is 13.6 Å². The van der Waals surface area contributed by atoms with E-state index in [-0.39, 0.29) is 5.97 Å². The molecule has 0 aliphatic rings. The van der Waals surface area contributed by atoms with Crippen LogP contribution in [0.4, 0.5) is 11.4 Å². The summed E-state index contributed by atoms with van der Waals surface area (Å²) < 4.78 is 4.74. The molecule has 2 rings (SSSR count). The van der Waals surface area contributed by atoms with Crippen LogP contribution in [0, 0.1) is 0 Å². The Labute approximate surface area is 125 Å². The van der Waals surface area contributed by atoms with Gasteiger partial charge in [-0.3, -0.25) is 0 Å². The molecular weight excluding hydrogens is 264 g/mol. The number of methoxy groups -OCH3 is 1. The van der Waals surface area contributed by atoms with Gasteiger partial charge in [-0.15, -0.1) is 0 Å². The van der Waals surface area contributed by atoms with Gasteiger partial charge in [0.15, 0.2) is 0 Å². The molecule has 2 aromatic rings. The van der Waals surface area contributed by atoms with Gasteiger partial charge in [-0.05, 0) is 30.2 Å². The Kier molecular flexibility index (Phi) is 4.82. The second kappa shape index (κ2) is 6.79. The van der Waals surface area contributed by atoms with Gasteiger partial charge >= 0.3 is 5.97 Å². The summed E-state index contributed by atoms with van der Waals surface area (Å²) in [6.45, 7) is 0.818. The summed E-state index contributed by atoms with van der Waals surface area (Å²) in [5.41, 5.74) is 9.28. The summed E-state index contributed by atoms with van der Waals surface area (Å²) in [6, 6.07) is 15.4. The molecule has 0 saturated carbocycles. The fourth-order valence-corrected chi connectivity index (χ4v) is 2.18. The van der Waals surface area contributed by atoms with Gasteiger partial charge in [-0.2, -0.15) is 0 Å². The van der Waals surface area contributed by atoms with Crippen LogP contribution < -0.4 is 10.6 Å². The third kappa shape index (κ3) is 3.75. The lowest BCUT2D eigenvalue weighted by Gasteiger charge is -2.21. The Balaban J connectivity index is 2.11. The molecule has 0 radical (unpaired) electrons. The fourth-order valence-electron chi connectivity index (χ4n) is 2.18. The molecule has 0 atom stereocenters. The average Bonchev–Trinajstić information content (AvgIpc) is 2.53. The zero-order valence-electron chi connectivity index (χ0n) is 12.4. The smallest absolute Gasteiger partial charge is 0.337 e. The van der Waals surface area contributed by atoms with Crippen LogP contribution >= 0.6 is 0 Å². The van der Waals surface area contributed by atoms with E-state index in [1.54, 1.807) is 18.2 Å². The highest BCUT2D eigenvalue weighted by Gasteiger charge is 2.11. The second-order valence-corrected chi connectivity index (χ2v) is 4.92. The molecular formula is C17H20N2O2. The molecule has 0 saturated heterocycles. The van der Waals surface area contributed by atoms with E-state index in [2.05, 4.69) is 17.0 Å². The highest BCUT2D eigenvalue weighted by molar-refractivity contribution is 5.92. The number of rotatable bonds is 5. The molecule has 0 heterocycles. The summed E-state index contributed by atoms with van der Waals surface area (Å²) in [6.07, 6.45) is 0.916.